The first-order chi connectivity index (χ1) is 8.65. The molecule has 0 saturated carbocycles. The first kappa shape index (κ1) is 15.3. The third-order valence-electron chi connectivity index (χ3n) is 2.05. The molecule has 104 valence electrons. The van der Waals surface area contributed by atoms with Gasteiger partial charge in [0.2, 0.25) is 0 Å². The molecule has 0 unspecified atom stereocenters. The van der Waals surface area contributed by atoms with Gasteiger partial charge in [-0.25, -0.2) is 4.39 Å². The van der Waals surface area contributed by atoms with Crippen molar-refractivity contribution < 1.29 is 31.1 Å². The average Bonchev–Trinajstić information content (AvgIpc) is 2.26. The monoisotopic (exact) mass is 283 g/mol. The van der Waals surface area contributed by atoms with E-state index in [1.54, 1.807) is 6.07 Å². The third-order valence-corrected chi connectivity index (χ3v) is 2.05. The van der Waals surface area contributed by atoms with Gasteiger partial charge in [0.15, 0.2) is 0 Å². The zero-order chi connectivity index (χ0) is 14.7. The molecular formula is C11H7F6NO. The van der Waals surface area contributed by atoms with Crippen LogP contribution in [0.4, 0.5) is 26.3 Å². The molecular weight excluding hydrogens is 276 g/mol. The number of hydrogen-bond acceptors (Lipinski definition) is 2. The van der Waals surface area contributed by atoms with Crippen LogP contribution in [0.5, 0.6) is 0 Å². The fraction of sp³-hybridized carbons (Fsp3) is 0.364. The molecule has 2 nitrogen and oxygen atoms in total. The predicted octanol–water partition coefficient (Wildman–Crippen LogP) is 3.41. The Labute approximate surface area is 104 Å². The maximum atomic E-state index is 12.9. The fourth-order valence-electron chi connectivity index (χ4n) is 1.18. The highest BCUT2D eigenvalue weighted by atomic mass is 19.4. The molecule has 0 atom stereocenters. The summed E-state index contributed by atoms with van der Waals surface area (Å²) < 4.78 is 77.5. The fourth-order valence-corrected chi connectivity index (χ4v) is 1.18. The van der Waals surface area contributed by atoms with Gasteiger partial charge < -0.3 is 4.74 Å². The Morgan fingerprint density at radius 3 is 2.26 bits per heavy atom. The van der Waals surface area contributed by atoms with Crippen molar-refractivity contribution in [3.05, 3.63) is 35.1 Å². The lowest BCUT2D eigenvalue weighted by molar-refractivity contribution is -0.297. The van der Waals surface area contributed by atoms with Gasteiger partial charge >= 0.3 is 12.1 Å². The topological polar surface area (TPSA) is 33.0 Å². The second-order valence-corrected chi connectivity index (χ2v) is 3.65. The van der Waals surface area contributed by atoms with Gasteiger partial charge in [0.1, 0.15) is 12.4 Å². The number of ether oxygens (including phenoxy) is 1. The van der Waals surface area contributed by atoms with E-state index in [0.29, 0.717) is 0 Å². The molecule has 0 aromatic heterocycles. The minimum Gasteiger partial charge on any atom is -0.370 e. The maximum Gasteiger partial charge on any atom is 0.455 e. The molecule has 0 bridgehead atoms. The third kappa shape index (κ3) is 4.13. The van der Waals surface area contributed by atoms with Gasteiger partial charge in [-0.1, -0.05) is 0 Å². The summed E-state index contributed by atoms with van der Waals surface area (Å²) in [5, 5.41) is 8.52. The number of benzene rings is 1. The van der Waals surface area contributed by atoms with Crippen molar-refractivity contribution in [2.75, 3.05) is 6.61 Å². The van der Waals surface area contributed by atoms with Gasteiger partial charge in [0.25, 0.3) is 0 Å². The Morgan fingerprint density at radius 1 is 1.11 bits per heavy atom. The molecule has 0 amide bonds. The van der Waals surface area contributed by atoms with Crippen LogP contribution in [-0.2, 0) is 11.3 Å². The van der Waals surface area contributed by atoms with Gasteiger partial charge in [-0.05, 0) is 23.8 Å². The summed E-state index contributed by atoms with van der Waals surface area (Å²) in [5.74, 6) is -5.78. The zero-order valence-electron chi connectivity index (χ0n) is 9.27. The van der Waals surface area contributed by atoms with E-state index in [1.807, 2.05) is 0 Å². The smallest absolute Gasteiger partial charge is 0.370 e. The molecule has 0 N–H and O–H groups in total. The highest BCUT2D eigenvalue weighted by Crippen LogP contribution is 2.35. The van der Waals surface area contributed by atoms with Crippen LogP contribution in [0.2, 0.25) is 0 Å². The van der Waals surface area contributed by atoms with E-state index in [-0.39, 0.29) is 11.1 Å². The molecule has 0 heterocycles. The number of hydrogen-bond donors (Lipinski definition) is 0. The highest BCUT2D eigenvalue weighted by molar-refractivity contribution is 5.33. The Balaban J connectivity index is 2.64. The standard InChI is InChI=1S/C11H7F6NO/c12-9-2-7(4-18)1-8(3-9)5-19-6-10(13,14)11(15,16)17/h1-3H,5-6H2. The minimum atomic E-state index is -5.70. The van der Waals surface area contributed by atoms with Crippen LogP contribution >= 0.6 is 0 Å². The number of nitriles is 1. The molecule has 0 saturated heterocycles. The lowest BCUT2D eigenvalue weighted by atomic mass is 10.1. The van der Waals surface area contributed by atoms with Gasteiger partial charge in [-0.3, -0.25) is 0 Å². The molecule has 1 aromatic carbocycles. The second-order valence-electron chi connectivity index (χ2n) is 3.65. The van der Waals surface area contributed by atoms with Gasteiger partial charge in [0.05, 0.1) is 18.2 Å². The first-order valence-corrected chi connectivity index (χ1v) is 4.87. The van der Waals surface area contributed by atoms with Crippen molar-refractivity contribution in [2.24, 2.45) is 0 Å². The molecule has 0 aliphatic rings. The summed E-state index contributed by atoms with van der Waals surface area (Å²) >= 11 is 0. The van der Waals surface area contributed by atoms with Gasteiger partial charge in [0, 0.05) is 0 Å². The summed E-state index contributed by atoms with van der Waals surface area (Å²) in [6.07, 6.45) is -5.70. The van der Waals surface area contributed by atoms with Crippen LogP contribution < -0.4 is 0 Å². The minimum absolute atomic E-state index is 0.00507. The highest BCUT2D eigenvalue weighted by Gasteiger charge is 2.57. The molecule has 0 aliphatic heterocycles. The van der Waals surface area contributed by atoms with E-state index in [0.717, 1.165) is 18.2 Å². The Bertz CT molecular complexity index is 491. The van der Waals surface area contributed by atoms with Crippen LogP contribution in [0.3, 0.4) is 0 Å². The lowest BCUT2D eigenvalue weighted by Gasteiger charge is -2.19. The molecule has 0 aliphatic carbocycles. The maximum absolute atomic E-state index is 12.9. The van der Waals surface area contributed by atoms with Crippen molar-refractivity contribution in [3.63, 3.8) is 0 Å². The quantitative estimate of drug-likeness (QED) is 0.793. The molecule has 0 radical (unpaired) electrons. The molecule has 0 fully saturated rings. The summed E-state index contributed by atoms with van der Waals surface area (Å²) in [5.41, 5.74) is -0.0873. The molecule has 1 aromatic rings. The van der Waals surface area contributed by atoms with E-state index in [4.69, 9.17) is 5.26 Å². The summed E-state index contributed by atoms with van der Waals surface area (Å²) in [7, 11) is 0. The van der Waals surface area contributed by atoms with E-state index in [1.165, 1.54) is 0 Å². The Morgan fingerprint density at radius 2 is 1.74 bits per heavy atom. The van der Waals surface area contributed by atoms with E-state index >= 15 is 0 Å². The van der Waals surface area contributed by atoms with E-state index < -0.39 is 31.1 Å². The van der Waals surface area contributed by atoms with E-state index in [2.05, 4.69) is 4.74 Å². The number of rotatable bonds is 4. The summed E-state index contributed by atoms with van der Waals surface area (Å²) in [6, 6.07) is 4.53. The van der Waals surface area contributed by atoms with Crippen LogP contribution in [0.25, 0.3) is 0 Å². The van der Waals surface area contributed by atoms with Gasteiger partial charge in [-0.15, -0.1) is 0 Å². The normalized spacial score (nSPS) is 12.3. The van der Waals surface area contributed by atoms with Crippen molar-refractivity contribution in [2.45, 2.75) is 18.7 Å². The predicted molar refractivity (Wildman–Crippen MR) is 51.8 cm³/mol. The van der Waals surface area contributed by atoms with Crippen molar-refractivity contribution in [1.29, 1.82) is 5.26 Å². The van der Waals surface area contributed by atoms with Crippen molar-refractivity contribution in [1.82, 2.24) is 0 Å². The summed E-state index contributed by atoms with van der Waals surface area (Å²) in [6.45, 7) is -2.52. The molecule has 19 heavy (non-hydrogen) atoms. The number of alkyl halides is 5. The molecule has 8 heteroatoms. The van der Waals surface area contributed by atoms with Crippen molar-refractivity contribution in [3.8, 4) is 6.07 Å². The van der Waals surface area contributed by atoms with Crippen LogP contribution in [0.1, 0.15) is 11.1 Å². The van der Waals surface area contributed by atoms with E-state index in [9.17, 15) is 26.3 Å². The van der Waals surface area contributed by atoms with Crippen molar-refractivity contribution >= 4 is 0 Å². The van der Waals surface area contributed by atoms with Crippen LogP contribution in [0.15, 0.2) is 18.2 Å². The molecule has 1 rings (SSSR count). The lowest BCUT2D eigenvalue weighted by Crippen LogP contribution is -2.40. The zero-order valence-corrected chi connectivity index (χ0v) is 9.27. The van der Waals surface area contributed by atoms with Crippen LogP contribution in [-0.4, -0.2) is 18.7 Å². The Kier molecular flexibility index (Phi) is 4.42. The second kappa shape index (κ2) is 5.48. The van der Waals surface area contributed by atoms with Gasteiger partial charge in [-0.2, -0.15) is 27.2 Å². The first-order valence-electron chi connectivity index (χ1n) is 4.87. The number of halogens is 6. The molecule has 0 spiro atoms. The number of nitrogens with zero attached hydrogens (tertiary/aromatic N) is 1. The summed E-state index contributed by atoms with van der Waals surface area (Å²) in [4.78, 5) is 0. The Hall–Kier alpha value is -1.75. The van der Waals surface area contributed by atoms with Crippen LogP contribution in [0, 0.1) is 17.1 Å². The largest absolute Gasteiger partial charge is 0.455 e. The SMILES string of the molecule is N#Cc1cc(F)cc(COCC(F)(F)C(F)(F)F)c1. The average molecular weight is 283 g/mol.